The van der Waals surface area contributed by atoms with Crippen molar-refractivity contribution in [2.75, 3.05) is 18.9 Å². The SMILES string of the molecule is CC1OCCC1CNC(=O)c1cc(F)cc([N+](=O)[O-])c1N. The highest BCUT2D eigenvalue weighted by atomic mass is 19.1. The Kier molecular flexibility index (Phi) is 4.37. The minimum atomic E-state index is -0.876. The maximum atomic E-state index is 13.4. The molecule has 1 fully saturated rings. The van der Waals surface area contributed by atoms with Crippen molar-refractivity contribution >= 4 is 17.3 Å². The zero-order chi connectivity index (χ0) is 15.6. The fourth-order valence-corrected chi connectivity index (χ4v) is 2.31. The van der Waals surface area contributed by atoms with E-state index in [1.165, 1.54) is 0 Å². The van der Waals surface area contributed by atoms with E-state index in [0.29, 0.717) is 19.2 Å². The van der Waals surface area contributed by atoms with Crippen LogP contribution in [0.3, 0.4) is 0 Å². The first-order chi connectivity index (χ1) is 9.90. The molecule has 8 heteroatoms. The van der Waals surface area contributed by atoms with Crippen molar-refractivity contribution in [3.63, 3.8) is 0 Å². The third-order valence-corrected chi connectivity index (χ3v) is 3.62. The number of hydrogen-bond acceptors (Lipinski definition) is 5. The zero-order valence-corrected chi connectivity index (χ0v) is 11.5. The van der Waals surface area contributed by atoms with Crippen LogP contribution in [-0.2, 0) is 4.74 Å². The van der Waals surface area contributed by atoms with E-state index in [1.807, 2.05) is 6.92 Å². The second-order valence-electron chi connectivity index (χ2n) is 4.98. The molecule has 2 unspecified atom stereocenters. The van der Waals surface area contributed by atoms with Crippen LogP contribution < -0.4 is 11.1 Å². The topological polar surface area (TPSA) is 107 Å². The Morgan fingerprint density at radius 1 is 1.62 bits per heavy atom. The standard InChI is InChI=1S/C13H16FN3O4/c1-7-8(2-3-21-7)6-16-13(18)10-4-9(14)5-11(12(10)15)17(19)20/h4-5,7-8H,2-3,6,15H2,1H3,(H,16,18). The molecule has 3 N–H and O–H groups in total. The van der Waals surface area contributed by atoms with Gasteiger partial charge in [0.15, 0.2) is 0 Å². The Bertz CT molecular complexity index is 579. The molecule has 21 heavy (non-hydrogen) atoms. The van der Waals surface area contributed by atoms with E-state index in [1.54, 1.807) is 0 Å². The predicted molar refractivity (Wildman–Crippen MR) is 73.3 cm³/mol. The molecule has 0 saturated carbocycles. The molecular formula is C13H16FN3O4. The lowest BCUT2D eigenvalue weighted by atomic mass is 10.0. The van der Waals surface area contributed by atoms with E-state index in [-0.39, 0.29) is 23.3 Å². The molecule has 0 bridgehead atoms. The van der Waals surface area contributed by atoms with Gasteiger partial charge in [0.25, 0.3) is 11.6 Å². The maximum Gasteiger partial charge on any atom is 0.295 e. The number of rotatable bonds is 4. The van der Waals surface area contributed by atoms with Gasteiger partial charge in [-0.1, -0.05) is 0 Å². The summed E-state index contributed by atoms with van der Waals surface area (Å²) in [5, 5.41) is 13.4. The van der Waals surface area contributed by atoms with Gasteiger partial charge in [0, 0.05) is 19.1 Å². The number of ether oxygens (including phenoxy) is 1. The van der Waals surface area contributed by atoms with Crippen LogP contribution in [0.15, 0.2) is 12.1 Å². The van der Waals surface area contributed by atoms with Crippen LogP contribution in [0.4, 0.5) is 15.8 Å². The minimum Gasteiger partial charge on any atom is -0.393 e. The lowest BCUT2D eigenvalue weighted by molar-refractivity contribution is -0.384. The first-order valence-corrected chi connectivity index (χ1v) is 6.53. The summed E-state index contributed by atoms with van der Waals surface area (Å²) in [6.07, 6.45) is 0.852. The molecule has 1 aromatic rings. The summed E-state index contributed by atoms with van der Waals surface area (Å²) >= 11 is 0. The fraction of sp³-hybridized carbons (Fsp3) is 0.462. The van der Waals surface area contributed by atoms with Crippen LogP contribution in [-0.4, -0.2) is 30.1 Å². The van der Waals surface area contributed by atoms with Crippen molar-refractivity contribution < 1.29 is 18.8 Å². The van der Waals surface area contributed by atoms with Crippen LogP contribution in [0.2, 0.25) is 0 Å². The highest BCUT2D eigenvalue weighted by Crippen LogP contribution is 2.27. The Morgan fingerprint density at radius 3 is 2.90 bits per heavy atom. The number of nitrogens with one attached hydrogen (secondary N) is 1. The molecular weight excluding hydrogens is 281 g/mol. The summed E-state index contributed by atoms with van der Waals surface area (Å²) in [5.41, 5.74) is 4.39. The van der Waals surface area contributed by atoms with Gasteiger partial charge in [-0.3, -0.25) is 14.9 Å². The van der Waals surface area contributed by atoms with Gasteiger partial charge in [-0.25, -0.2) is 4.39 Å². The van der Waals surface area contributed by atoms with E-state index in [4.69, 9.17) is 10.5 Å². The quantitative estimate of drug-likeness (QED) is 0.497. The maximum absolute atomic E-state index is 13.4. The normalized spacial score (nSPS) is 21.2. The number of hydrogen-bond donors (Lipinski definition) is 2. The van der Waals surface area contributed by atoms with Crippen LogP contribution in [0.25, 0.3) is 0 Å². The Labute approximate surface area is 120 Å². The van der Waals surface area contributed by atoms with E-state index in [2.05, 4.69) is 5.32 Å². The second-order valence-corrected chi connectivity index (χ2v) is 4.98. The third kappa shape index (κ3) is 3.27. The van der Waals surface area contributed by atoms with Crippen LogP contribution in [0, 0.1) is 21.8 Å². The lowest BCUT2D eigenvalue weighted by Gasteiger charge is -2.15. The highest BCUT2D eigenvalue weighted by molar-refractivity contribution is 6.01. The number of carbonyl (C=O) groups is 1. The number of nitro benzene ring substituents is 1. The smallest absolute Gasteiger partial charge is 0.295 e. The molecule has 0 aromatic heterocycles. The largest absolute Gasteiger partial charge is 0.393 e. The summed E-state index contributed by atoms with van der Waals surface area (Å²) in [5.74, 6) is -1.34. The molecule has 0 radical (unpaired) electrons. The van der Waals surface area contributed by atoms with E-state index in [9.17, 15) is 19.3 Å². The predicted octanol–water partition coefficient (Wildman–Crippen LogP) is 1.47. The van der Waals surface area contributed by atoms with Gasteiger partial charge < -0.3 is 15.8 Å². The van der Waals surface area contributed by atoms with E-state index < -0.39 is 22.3 Å². The van der Waals surface area contributed by atoms with Crippen molar-refractivity contribution in [2.24, 2.45) is 5.92 Å². The number of nitrogens with zero attached hydrogens (tertiary/aromatic N) is 1. The third-order valence-electron chi connectivity index (χ3n) is 3.62. The molecule has 7 nitrogen and oxygen atoms in total. The van der Waals surface area contributed by atoms with Gasteiger partial charge in [0.05, 0.1) is 22.7 Å². The molecule has 2 atom stereocenters. The van der Waals surface area contributed by atoms with Crippen LogP contribution >= 0.6 is 0 Å². The van der Waals surface area contributed by atoms with E-state index in [0.717, 1.165) is 12.5 Å². The molecule has 114 valence electrons. The monoisotopic (exact) mass is 297 g/mol. The Balaban J connectivity index is 2.13. The molecule has 1 heterocycles. The van der Waals surface area contributed by atoms with Gasteiger partial charge in [-0.2, -0.15) is 0 Å². The van der Waals surface area contributed by atoms with Crippen molar-refractivity contribution in [3.05, 3.63) is 33.6 Å². The molecule has 1 saturated heterocycles. The van der Waals surface area contributed by atoms with E-state index >= 15 is 0 Å². The molecule has 0 spiro atoms. The average Bonchev–Trinajstić information content (AvgIpc) is 2.83. The molecule has 1 aromatic carbocycles. The average molecular weight is 297 g/mol. The number of nitrogen functional groups attached to an aromatic ring is 1. The molecule has 0 aliphatic carbocycles. The first kappa shape index (κ1) is 15.2. The van der Waals surface area contributed by atoms with Gasteiger partial charge in [-0.05, 0) is 19.4 Å². The summed E-state index contributed by atoms with van der Waals surface area (Å²) in [7, 11) is 0. The highest BCUT2D eigenvalue weighted by Gasteiger charge is 2.26. The number of amides is 1. The van der Waals surface area contributed by atoms with Crippen molar-refractivity contribution in [2.45, 2.75) is 19.4 Å². The summed E-state index contributed by atoms with van der Waals surface area (Å²) in [6, 6.07) is 1.59. The number of nitrogens with two attached hydrogens (primary N) is 1. The van der Waals surface area contributed by atoms with Gasteiger partial charge in [-0.15, -0.1) is 0 Å². The summed E-state index contributed by atoms with van der Waals surface area (Å²) in [6.45, 7) is 2.89. The Hall–Kier alpha value is -2.22. The number of carbonyl (C=O) groups excluding carboxylic acids is 1. The molecule has 1 aliphatic rings. The number of halogens is 1. The molecule has 1 aliphatic heterocycles. The fourth-order valence-electron chi connectivity index (χ4n) is 2.31. The zero-order valence-electron chi connectivity index (χ0n) is 11.5. The summed E-state index contributed by atoms with van der Waals surface area (Å²) in [4.78, 5) is 22.0. The lowest BCUT2D eigenvalue weighted by Crippen LogP contribution is -2.32. The van der Waals surface area contributed by atoms with Gasteiger partial charge >= 0.3 is 0 Å². The van der Waals surface area contributed by atoms with Crippen molar-refractivity contribution in [1.82, 2.24) is 5.32 Å². The second kappa shape index (κ2) is 6.04. The van der Waals surface area contributed by atoms with Crippen LogP contribution in [0.5, 0.6) is 0 Å². The number of anilines is 1. The van der Waals surface area contributed by atoms with Gasteiger partial charge in [0.2, 0.25) is 0 Å². The molecule has 1 amide bonds. The number of nitro groups is 1. The molecule has 2 rings (SSSR count). The number of benzene rings is 1. The van der Waals surface area contributed by atoms with Crippen LogP contribution in [0.1, 0.15) is 23.7 Å². The van der Waals surface area contributed by atoms with Crippen molar-refractivity contribution in [1.29, 1.82) is 0 Å². The minimum absolute atomic E-state index is 0.0319. The van der Waals surface area contributed by atoms with Gasteiger partial charge in [0.1, 0.15) is 11.5 Å². The van der Waals surface area contributed by atoms with Crippen molar-refractivity contribution in [3.8, 4) is 0 Å². The first-order valence-electron chi connectivity index (χ1n) is 6.53. The summed E-state index contributed by atoms with van der Waals surface area (Å²) < 4.78 is 18.7. The Morgan fingerprint density at radius 2 is 2.33 bits per heavy atom.